The Labute approximate surface area is 249 Å². The van der Waals surface area contributed by atoms with Gasteiger partial charge in [-0.2, -0.15) is 0 Å². The molecule has 0 radical (unpaired) electrons. The Bertz CT molecular complexity index is 1390. The molecule has 0 saturated carbocycles. The van der Waals surface area contributed by atoms with Gasteiger partial charge in [-0.05, 0) is 73.0 Å². The third-order valence-electron chi connectivity index (χ3n) is 7.56. The zero-order chi connectivity index (χ0) is 30.2. The molecule has 0 bridgehead atoms. The number of hydrogen-bond donors (Lipinski definition) is 1. The quantitative estimate of drug-likeness (QED) is 0.146. The van der Waals surface area contributed by atoms with Crippen LogP contribution in [0.4, 0.5) is 0 Å². The molecule has 1 aliphatic heterocycles. The van der Waals surface area contributed by atoms with Crippen molar-refractivity contribution in [2.75, 3.05) is 32.8 Å². The predicted molar refractivity (Wildman–Crippen MR) is 166 cm³/mol. The van der Waals surface area contributed by atoms with Crippen LogP contribution in [0.3, 0.4) is 0 Å². The van der Waals surface area contributed by atoms with E-state index in [2.05, 4.69) is 32.6 Å². The average Bonchev–Trinajstić information content (AvgIpc) is 3.25. The molecule has 1 aliphatic rings. The van der Waals surface area contributed by atoms with Crippen LogP contribution in [0, 0.1) is 12.8 Å². The number of aliphatic hydroxyl groups excluding tert-OH is 1. The fourth-order valence-electron chi connectivity index (χ4n) is 5.10. The summed E-state index contributed by atoms with van der Waals surface area (Å²) in [5, 5.41) is 11.5. The van der Waals surface area contributed by atoms with Crippen molar-refractivity contribution in [3.05, 3.63) is 101 Å². The maximum Gasteiger partial charge on any atom is 0.295 e. The van der Waals surface area contributed by atoms with Gasteiger partial charge in [0, 0.05) is 18.7 Å². The van der Waals surface area contributed by atoms with E-state index in [9.17, 15) is 14.7 Å². The summed E-state index contributed by atoms with van der Waals surface area (Å²) in [6.07, 6.45) is 0. The lowest BCUT2D eigenvalue weighted by atomic mass is 9.94. The van der Waals surface area contributed by atoms with Crippen LogP contribution in [0.1, 0.15) is 56.0 Å². The summed E-state index contributed by atoms with van der Waals surface area (Å²) in [7, 11) is 0. The Morgan fingerprint density at radius 1 is 0.952 bits per heavy atom. The number of rotatable bonds is 13. The van der Waals surface area contributed by atoms with Crippen LogP contribution in [-0.2, 0) is 16.2 Å². The number of ether oxygens (including phenoxy) is 2. The van der Waals surface area contributed by atoms with E-state index in [1.54, 1.807) is 23.1 Å². The average molecular weight is 571 g/mol. The molecule has 3 aromatic rings. The molecule has 42 heavy (non-hydrogen) atoms. The van der Waals surface area contributed by atoms with Gasteiger partial charge in [0.15, 0.2) is 0 Å². The molecule has 7 heteroatoms. The lowest BCUT2D eigenvalue weighted by Crippen LogP contribution is -2.38. The first kappa shape index (κ1) is 30.8. The Kier molecular flexibility index (Phi) is 10.4. The van der Waals surface area contributed by atoms with Gasteiger partial charge in [-0.1, -0.05) is 70.2 Å². The lowest BCUT2D eigenvalue weighted by Gasteiger charge is -2.28. The van der Waals surface area contributed by atoms with E-state index in [1.165, 1.54) is 0 Å². The Morgan fingerprint density at radius 2 is 1.64 bits per heavy atom. The van der Waals surface area contributed by atoms with Crippen molar-refractivity contribution in [1.82, 2.24) is 9.80 Å². The number of likely N-dealkylation sites (tertiary alicyclic amines) is 1. The van der Waals surface area contributed by atoms with E-state index >= 15 is 0 Å². The van der Waals surface area contributed by atoms with Gasteiger partial charge in [0.2, 0.25) is 0 Å². The Hall–Kier alpha value is -4.10. The molecule has 7 nitrogen and oxygen atoms in total. The van der Waals surface area contributed by atoms with Crippen LogP contribution in [-0.4, -0.2) is 59.4 Å². The van der Waals surface area contributed by atoms with Gasteiger partial charge >= 0.3 is 0 Å². The first-order valence-corrected chi connectivity index (χ1v) is 14.7. The summed E-state index contributed by atoms with van der Waals surface area (Å²) < 4.78 is 11.9. The van der Waals surface area contributed by atoms with E-state index in [0.29, 0.717) is 43.5 Å². The maximum atomic E-state index is 13.5. The zero-order valence-electron chi connectivity index (χ0n) is 25.3. The molecule has 0 spiro atoms. The molecule has 1 unspecified atom stereocenters. The van der Waals surface area contributed by atoms with Gasteiger partial charge in [0.05, 0.1) is 18.2 Å². The molecular formula is C35H42N2O5. The Balaban J connectivity index is 1.68. The highest BCUT2D eigenvalue weighted by Gasteiger charge is 2.46. The van der Waals surface area contributed by atoms with Crippen LogP contribution in [0.15, 0.2) is 78.4 Å². The minimum Gasteiger partial charge on any atom is -0.507 e. The molecule has 1 atom stereocenters. The third kappa shape index (κ3) is 7.21. The van der Waals surface area contributed by atoms with Gasteiger partial charge in [-0.3, -0.25) is 9.59 Å². The van der Waals surface area contributed by atoms with Gasteiger partial charge < -0.3 is 24.4 Å². The number of benzene rings is 3. The van der Waals surface area contributed by atoms with Crippen LogP contribution < -0.4 is 9.47 Å². The van der Waals surface area contributed by atoms with Crippen molar-refractivity contribution in [2.45, 2.75) is 47.3 Å². The largest absolute Gasteiger partial charge is 0.507 e. The molecule has 0 aromatic heterocycles. The molecule has 1 N–H and O–H groups in total. The van der Waals surface area contributed by atoms with Gasteiger partial charge in [-0.25, -0.2) is 0 Å². The standard InChI is InChI=1S/C35H42N2O5/c1-6-36(7-2)19-20-37-32(27-13-16-29(17-14-27)41-23-26-11-9-8-10-12-26)31(34(39)35(37)40)33(38)28-15-18-30(25(5)21-28)42-22-24(3)4/h8-18,21,24,32,38H,6-7,19-20,22-23H2,1-5H3. The summed E-state index contributed by atoms with van der Waals surface area (Å²) in [5.41, 5.74) is 3.19. The molecule has 222 valence electrons. The smallest absolute Gasteiger partial charge is 0.295 e. The topological polar surface area (TPSA) is 79.3 Å². The van der Waals surface area contributed by atoms with Crippen molar-refractivity contribution in [3.8, 4) is 11.5 Å². The highest BCUT2D eigenvalue weighted by molar-refractivity contribution is 6.46. The van der Waals surface area contributed by atoms with Crippen molar-refractivity contribution in [2.24, 2.45) is 5.92 Å². The second-order valence-corrected chi connectivity index (χ2v) is 11.0. The number of likely N-dealkylation sites (N-methyl/N-ethyl adjacent to an activating group) is 1. The molecule has 4 rings (SSSR count). The molecule has 1 amide bonds. The predicted octanol–water partition coefficient (Wildman–Crippen LogP) is 6.37. The number of carbonyl (C=O) groups is 2. The highest BCUT2D eigenvalue weighted by atomic mass is 16.5. The maximum absolute atomic E-state index is 13.5. The minimum atomic E-state index is -0.721. The van der Waals surface area contributed by atoms with Gasteiger partial charge in [-0.15, -0.1) is 0 Å². The minimum absolute atomic E-state index is 0.0905. The van der Waals surface area contributed by atoms with E-state index in [-0.39, 0.29) is 11.3 Å². The number of Topliss-reactive ketones (excluding diaryl/α,β-unsaturated/α-hetero) is 1. The SMILES string of the molecule is CCN(CC)CCN1C(=O)C(=O)C(=C(O)c2ccc(OCC(C)C)c(C)c2)C1c1ccc(OCc2ccccc2)cc1. The summed E-state index contributed by atoms with van der Waals surface area (Å²) in [6, 6.07) is 21.9. The first-order chi connectivity index (χ1) is 20.2. The van der Waals surface area contributed by atoms with E-state index in [0.717, 1.165) is 35.5 Å². The van der Waals surface area contributed by atoms with Crippen LogP contribution in [0.5, 0.6) is 11.5 Å². The fraction of sp³-hybridized carbons (Fsp3) is 0.371. The monoisotopic (exact) mass is 570 g/mol. The van der Waals surface area contributed by atoms with E-state index in [4.69, 9.17) is 9.47 Å². The highest BCUT2D eigenvalue weighted by Crippen LogP contribution is 2.40. The molecule has 1 heterocycles. The van der Waals surface area contributed by atoms with Gasteiger partial charge in [0.25, 0.3) is 11.7 Å². The zero-order valence-corrected chi connectivity index (χ0v) is 25.3. The number of hydrogen-bond acceptors (Lipinski definition) is 6. The fourth-order valence-corrected chi connectivity index (χ4v) is 5.10. The van der Waals surface area contributed by atoms with E-state index in [1.807, 2.05) is 61.5 Å². The van der Waals surface area contributed by atoms with Crippen molar-refractivity contribution in [3.63, 3.8) is 0 Å². The molecule has 0 aliphatic carbocycles. The van der Waals surface area contributed by atoms with Gasteiger partial charge in [0.1, 0.15) is 23.9 Å². The summed E-state index contributed by atoms with van der Waals surface area (Å²) in [6.45, 7) is 13.9. The number of aryl methyl sites for hydroxylation is 1. The Morgan fingerprint density at radius 3 is 2.26 bits per heavy atom. The first-order valence-electron chi connectivity index (χ1n) is 14.7. The van der Waals surface area contributed by atoms with Crippen molar-refractivity contribution >= 4 is 17.4 Å². The number of carbonyl (C=O) groups excluding carboxylic acids is 2. The number of nitrogens with zero attached hydrogens (tertiary/aromatic N) is 2. The van der Waals surface area contributed by atoms with Crippen molar-refractivity contribution in [1.29, 1.82) is 0 Å². The summed E-state index contributed by atoms with van der Waals surface area (Å²) in [4.78, 5) is 30.7. The normalized spacial score (nSPS) is 16.5. The summed E-state index contributed by atoms with van der Waals surface area (Å²) >= 11 is 0. The number of ketones is 1. The molecule has 1 fully saturated rings. The molecular weight excluding hydrogens is 528 g/mol. The second-order valence-electron chi connectivity index (χ2n) is 11.0. The van der Waals surface area contributed by atoms with Crippen LogP contribution in [0.25, 0.3) is 5.76 Å². The van der Waals surface area contributed by atoms with Crippen molar-refractivity contribution < 1.29 is 24.2 Å². The third-order valence-corrected chi connectivity index (χ3v) is 7.56. The number of amides is 1. The lowest BCUT2D eigenvalue weighted by molar-refractivity contribution is -0.140. The molecule has 1 saturated heterocycles. The van der Waals surface area contributed by atoms with Crippen LogP contribution in [0.2, 0.25) is 0 Å². The van der Waals surface area contributed by atoms with E-state index < -0.39 is 17.7 Å². The number of aliphatic hydroxyl groups is 1. The molecule has 3 aromatic carbocycles. The second kappa shape index (κ2) is 14.2. The van der Waals surface area contributed by atoms with Crippen LogP contribution >= 0.6 is 0 Å². The summed E-state index contributed by atoms with van der Waals surface area (Å²) in [5.74, 6) is 0.301.